The van der Waals surface area contributed by atoms with Crippen molar-refractivity contribution in [2.75, 3.05) is 17.2 Å². The average Bonchev–Trinajstić information content (AvgIpc) is 3.37. The molecule has 0 saturated heterocycles. The molecule has 3 heterocycles. The van der Waals surface area contributed by atoms with Crippen LogP contribution in [0.2, 0.25) is 0 Å². The van der Waals surface area contributed by atoms with Crippen LogP contribution in [0.3, 0.4) is 0 Å². The van der Waals surface area contributed by atoms with Crippen molar-refractivity contribution in [3.05, 3.63) is 77.3 Å². The molecule has 3 N–H and O–H groups in total. The normalized spacial score (nSPS) is 17.4. The number of aliphatic hydroxyl groups is 1. The molecule has 38 heavy (non-hydrogen) atoms. The maximum absolute atomic E-state index is 12.2. The van der Waals surface area contributed by atoms with E-state index in [1.165, 1.54) is 0 Å². The Bertz CT molecular complexity index is 1510. The van der Waals surface area contributed by atoms with E-state index in [-0.39, 0.29) is 18.0 Å². The summed E-state index contributed by atoms with van der Waals surface area (Å²) in [5, 5.41) is 25.3. The lowest BCUT2D eigenvalue weighted by atomic mass is 9.95. The number of hydrogen-bond donors (Lipinski definition) is 3. The van der Waals surface area contributed by atoms with E-state index in [1.54, 1.807) is 18.3 Å². The topological polar surface area (TPSA) is 135 Å². The van der Waals surface area contributed by atoms with Gasteiger partial charge in [-0.05, 0) is 50.5 Å². The van der Waals surface area contributed by atoms with Gasteiger partial charge >= 0.3 is 5.97 Å². The number of carbonyl (C=O) groups excluding carboxylic acids is 1. The molecule has 4 aromatic rings. The molecule has 2 aliphatic rings. The summed E-state index contributed by atoms with van der Waals surface area (Å²) in [6.45, 7) is 5.65. The third-order valence-electron chi connectivity index (χ3n) is 7.15. The van der Waals surface area contributed by atoms with Crippen molar-refractivity contribution in [3.8, 4) is 11.5 Å². The number of anilines is 3. The number of fused-ring (bicyclic) bond motifs is 1. The second-order valence-corrected chi connectivity index (χ2v) is 10.5. The average molecular weight is 513 g/mol. The number of aliphatic hydroxyl groups excluding tert-OH is 1. The van der Waals surface area contributed by atoms with Crippen molar-refractivity contribution in [1.29, 1.82) is 0 Å². The van der Waals surface area contributed by atoms with Gasteiger partial charge in [0.25, 0.3) is 5.89 Å². The Balaban J connectivity index is 1.35. The van der Waals surface area contributed by atoms with E-state index in [1.807, 2.05) is 50.2 Å². The molecule has 0 radical (unpaired) electrons. The highest BCUT2D eigenvalue weighted by molar-refractivity contribution is 5.95. The number of ether oxygens (including phenoxy) is 1. The Morgan fingerprint density at radius 3 is 2.58 bits per heavy atom. The molecular weight excluding hydrogens is 484 g/mol. The van der Waals surface area contributed by atoms with Crippen molar-refractivity contribution in [2.45, 2.75) is 50.7 Å². The molecule has 1 saturated carbocycles. The minimum atomic E-state index is -0.723. The fraction of sp³-hybridized carbons (Fsp3) is 0.321. The molecule has 1 fully saturated rings. The highest BCUT2D eigenvalue weighted by atomic mass is 16.6. The number of nitrogens with one attached hydrogen (secondary N) is 2. The number of esters is 1. The number of carbonyl (C=O) groups is 1. The summed E-state index contributed by atoms with van der Waals surface area (Å²) in [6, 6.07) is 14.6. The van der Waals surface area contributed by atoms with Crippen LogP contribution in [0.25, 0.3) is 11.5 Å². The van der Waals surface area contributed by atoms with Crippen LogP contribution in [0.4, 0.5) is 17.5 Å². The fourth-order valence-electron chi connectivity index (χ4n) is 4.54. The lowest BCUT2D eigenvalue weighted by Gasteiger charge is -2.20. The quantitative estimate of drug-likeness (QED) is 0.281. The molecule has 1 aliphatic carbocycles. The molecular formula is C28H28N6O4. The van der Waals surface area contributed by atoms with E-state index in [0.717, 1.165) is 24.0 Å². The fourth-order valence-corrected chi connectivity index (χ4v) is 4.54. The first-order chi connectivity index (χ1) is 18.3. The van der Waals surface area contributed by atoms with Crippen LogP contribution in [-0.2, 0) is 15.8 Å². The van der Waals surface area contributed by atoms with Crippen LogP contribution in [0.1, 0.15) is 67.0 Å². The van der Waals surface area contributed by atoms with Crippen LogP contribution in [0.5, 0.6) is 0 Å². The van der Waals surface area contributed by atoms with E-state index in [4.69, 9.17) is 14.1 Å². The SMILES string of the molecule is CC1(c2nnc(-c3cnc(Nc4ccc5c(c4)C(C)(C)OC5=O)nc3N[C@H](CO)c3ccccc3)o2)CC1. The van der Waals surface area contributed by atoms with Gasteiger partial charge < -0.3 is 24.9 Å². The predicted octanol–water partition coefficient (Wildman–Crippen LogP) is 4.87. The second kappa shape index (κ2) is 8.91. The number of benzene rings is 2. The van der Waals surface area contributed by atoms with Crippen LogP contribution in [0.15, 0.2) is 59.1 Å². The standard InChI is InChI=1S/C28H28N6O4/c1-27(2)20-13-17(9-10-18(20)24(36)38-27)30-26-29-14-19(23-33-34-25(37-23)28(3)11-12-28)22(32-26)31-21(15-35)16-7-5-4-6-8-16/h4-10,13-14,21,35H,11-12,15H2,1-3H3,(H2,29,30,31,32)/t21-/m1/s1. The van der Waals surface area contributed by atoms with Crippen molar-refractivity contribution < 1.29 is 19.1 Å². The molecule has 10 heteroatoms. The molecule has 2 aromatic carbocycles. The highest BCUT2D eigenvalue weighted by Crippen LogP contribution is 2.47. The number of nitrogens with zero attached hydrogens (tertiary/aromatic N) is 4. The van der Waals surface area contributed by atoms with Gasteiger partial charge in [-0.1, -0.05) is 37.3 Å². The van der Waals surface area contributed by atoms with Crippen molar-refractivity contribution in [2.24, 2.45) is 0 Å². The van der Waals surface area contributed by atoms with Gasteiger partial charge in [-0.25, -0.2) is 9.78 Å². The molecule has 0 amide bonds. The van der Waals surface area contributed by atoms with Gasteiger partial charge in [0.2, 0.25) is 11.8 Å². The first-order valence-corrected chi connectivity index (χ1v) is 12.5. The molecule has 10 nitrogen and oxygen atoms in total. The zero-order valence-electron chi connectivity index (χ0n) is 21.4. The Kier molecular flexibility index (Phi) is 5.64. The van der Waals surface area contributed by atoms with Gasteiger partial charge in [-0.15, -0.1) is 10.2 Å². The third kappa shape index (κ3) is 4.37. The smallest absolute Gasteiger partial charge is 0.339 e. The van der Waals surface area contributed by atoms with Gasteiger partial charge in [0.1, 0.15) is 11.4 Å². The predicted molar refractivity (Wildman–Crippen MR) is 140 cm³/mol. The van der Waals surface area contributed by atoms with Crippen LogP contribution in [0, 0.1) is 0 Å². The van der Waals surface area contributed by atoms with E-state index >= 15 is 0 Å². The van der Waals surface area contributed by atoms with Crippen LogP contribution in [-0.4, -0.2) is 37.8 Å². The summed E-state index contributed by atoms with van der Waals surface area (Å²) in [7, 11) is 0. The molecule has 1 atom stereocenters. The van der Waals surface area contributed by atoms with Gasteiger partial charge in [-0.2, -0.15) is 4.98 Å². The number of rotatable bonds is 8. The molecule has 1 aliphatic heterocycles. The van der Waals surface area contributed by atoms with Crippen molar-refractivity contribution in [3.63, 3.8) is 0 Å². The van der Waals surface area contributed by atoms with Crippen LogP contribution < -0.4 is 10.6 Å². The summed E-state index contributed by atoms with van der Waals surface area (Å²) in [5.74, 6) is 1.32. The summed E-state index contributed by atoms with van der Waals surface area (Å²) >= 11 is 0. The molecule has 194 valence electrons. The lowest BCUT2D eigenvalue weighted by Crippen LogP contribution is -2.17. The third-order valence-corrected chi connectivity index (χ3v) is 7.15. The van der Waals surface area contributed by atoms with E-state index < -0.39 is 11.6 Å². The Hall–Kier alpha value is -4.31. The summed E-state index contributed by atoms with van der Waals surface area (Å²) in [6.07, 6.45) is 3.63. The molecule has 0 bridgehead atoms. The van der Waals surface area contributed by atoms with Gasteiger partial charge in [0.05, 0.1) is 23.8 Å². The van der Waals surface area contributed by atoms with Gasteiger partial charge in [0.15, 0.2) is 0 Å². The summed E-state index contributed by atoms with van der Waals surface area (Å²) in [5.41, 5.74) is 2.67. The zero-order valence-corrected chi connectivity index (χ0v) is 21.4. The number of cyclic esters (lactones) is 1. The van der Waals surface area contributed by atoms with Crippen LogP contribution >= 0.6 is 0 Å². The van der Waals surface area contributed by atoms with E-state index in [9.17, 15) is 9.90 Å². The number of aromatic nitrogens is 4. The summed E-state index contributed by atoms with van der Waals surface area (Å²) < 4.78 is 11.5. The number of hydrogen-bond acceptors (Lipinski definition) is 10. The molecule has 6 rings (SSSR count). The zero-order chi connectivity index (χ0) is 26.5. The maximum atomic E-state index is 12.2. The van der Waals surface area contributed by atoms with Crippen molar-refractivity contribution >= 4 is 23.4 Å². The van der Waals surface area contributed by atoms with E-state index in [0.29, 0.717) is 40.4 Å². The highest BCUT2D eigenvalue weighted by Gasteiger charge is 2.44. The Labute approximate surface area is 219 Å². The molecule has 0 unspecified atom stereocenters. The first kappa shape index (κ1) is 24.1. The Morgan fingerprint density at radius 2 is 1.84 bits per heavy atom. The van der Waals surface area contributed by atoms with Gasteiger partial charge in [-0.3, -0.25) is 0 Å². The summed E-state index contributed by atoms with van der Waals surface area (Å²) in [4.78, 5) is 21.4. The maximum Gasteiger partial charge on any atom is 0.339 e. The lowest BCUT2D eigenvalue weighted by molar-refractivity contribution is 0.00954. The second-order valence-electron chi connectivity index (χ2n) is 10.5. The van der Waals surface area contributed by atoms with Gasteiger partial charge in [0, 0.05) is 22.9 Å². The molecule has 0 spiro atoms. The van der Waals surface area contributed by atoms with Crippen molar-refractivity contribution in [1.82, 2.24) is 20.2 Å². The minimum Gasteiger partial charge on any atom is -0.451 e. The Morgan fingerprint density at radius 1 is 1.05 bits per heavy atom. The monoisotopic (exact) mass is 512 g/mol. The minimum absolute atomic E-state index is 0.0781. The largest absolute Gasteiger partial charge is 0.451 e. The molecule has 2 aromatic heterocycles. The first-order valence-electron chi connectivity index (χ1n) is 12.5. The van der Waals surface area contributed by atoms with E-state index in [2.05, 4.69) is 32.7 Å².